The number of tetrazole rings is 1. The van der Waals surface area contributed by atoms with Crippen molar-refractivity contribution in [1.82, 2.24) is 30.8 Å². The second-order valence-corrected chi connectivity index (χ2v) is 12.4. The number of nitrogens with one attached hydrogen (secondary N) is 2. The number of H-pyrrole nitrogens is 1. The fourth-order valence-corrected chi connectivity index (χ4v) is 7.52. The molecule has 12 heteroatoms. The van der Waals surface area contributed by atoms with Crippen LogP contribution in [0.15, 0.2) is 36.4 Å². The maximum Gasteiger partial charge on any atom is 0.248 e. The molecule has 3 fully saturated rings. The van der Waals surface area contributed by atoms with E-state index in [4.69, 9.17) is 11.5 Å². The smallest absolute Gasteiger partial charge is 0.248 e. The van der Waals surface area contributed by atoms with Gasteiger partial charge in [-0.1, -0.05) is 17.3 Å². The predicted octanol–water partition coefficient (Wildman–Crippen LogP) is 1.10. The SMILES string of the molecule is N#C[C@@H]1C[C@@H]2C[C@@H]2N1C(=O)CN[C@@H](CC1(c2nn[nH]n2)c2ccc(C(N)=O)cc2CCc2cc(C(N)=O)ccc21)C1CC1. The summed E-state index contributed by atoms with van der Waals surface area (Å²) in [6, 6.07) is 13.0. The van der Waals surface area contributed by atoms with E-state index in [1.54, 1.807) is 17.0 Å². The van der Waals surface area contributed by atoms with Gasteiger partial charge < -0.3 is 21.7 Å². The van der Waals surface area contributed by atoms with Gasteiger partial charge in [0, 0.05) is 23.2 Å². The number of rotatable bonds is 9. The number of nitrogens with zero attached hydrogens (tertiary/aromatic N) is 5. The number of carbonyl (C=O) groups is 3. The Morgan fingerprint density at radius 1 is 1.05 bits per heavy atom. The molecule has 3 aromatic rings. The first-order valence-electron chi connectivity index (χ1n) is 14.8. The van der Waals surface area contributed by atoms with Gasteiger partial charge in [0.2, 0.25) is 17.7 Å². The number of amides is 3. The Hall–Kier alpha value is -4.63. The van der Waals surface area contributed by atoms with Crippen LogP contribution in [0.4, 0.5) is 0 Å². The van der Waals surface area contributed by atoms with Crippen LogP contribution in [-0.4, -0.2) is 67.9 Å². The third kappa shape index (κ3) is 4.64. The summed E-state index contributed by atoms with van der Waals surface area (Å²) in [5.74, 6) is 0.160. The number of aromatic amines is 1. The molecule has 0 radical (unpaired) electrons. The lowest BCUT2D eigenvalue weighted by Crippen LogP contribution is -2.48. The second kappa shape index (κ2) is 10.3. The number of benzene rings is 2. The van der Waals surface area contributed by atoms with Crippen LogP contribution < -0.4 is 16.8 Å². The molecule has 0 spiro atoms. The molecule has 0 unspecified atom stereocenters. The molecule has 220 valence electrons. The summed E-state index contributed by atoms with van der Waals surface area (Å²) in [7, 11) is 0. The van der Waals surface area contributed by atoms with Crippen molar-refractivity contribution in [3.63, 3.8) is 0 Å². The zero-order valence-electron chi connectivity index (χ0n) is 23.6. The molecule has 3 aliphatic carbocycles. The first kappa shape index (κ1) is 27.2. The Morgan fingerprint density at radius 2 is 1.70 bits per heavy atom. The van der Waals surface area contributed by atoms with Gasteiger partial charge in [0.05, 0.1) is 18.0 Å². The van der Waals surface area contributed by atoms with Crippen LogP contribution in [0.3, 0.4) is 0 Å². The summed E-state index contributed by atoms with van der Waals surface area (Å²) in [5, 5.41) is 28.8. The van der Waals surface area contributed by atoms with Crippen molar-refractivity contribution in [3.05, 3.63) is 75.6 Å². The fraction of sp³-hybridized carbons (Fsp3) is 0.452. The maximum absolute atomic E-state index is 13.4. The molecular formula is C31H33N9O3. The Bertz CT molecular complexity index is 1590. The van der Waals surface area contributed by atoms with Crippen LogP contribution in [0.1, 0.15) is 80.9 Å². The molecule has 43 heavy (non-hydrogen) atoms. The lowest BCUT2D eigenvalue weighted by molar-refractivity contribution is -0.131. The van der Waals surface area contributed by atoms with E-state index in [0.29, 0.717) is 48.0 Å². The first-order chi connectivity index (χ1) is 20.8. The zero-order chi connectivity index (χ0) is 29.9. The molecule has 2 heterocycles. The van der Waals surface area contributed by atoms with Gasteiger partial charge in [-0.3, -0.25) is 14.4 Å². The Kier molecular flexibility index (Phi) is 6.50. The van der Waals surface area contributed by atoms with Crippen molar-refractivity contribution in [2.24, 2.45) is 23.3 Å². The standard InChI is InChI=1S/C31H33N9O3/c32-14-22-11-21-12-26(21)40(22)27(41)15-35-25(16-1-2-16)13-31(30-36-38-39-37-30)23-7-5-19(28(33)42)9-17(23)3-4-18-10-20(29(34)43)6-8-24(18)31/h5-10,16,21-22,25-26,35H,1-4,11-13,15H2,(H2,33,42)(H2,34,43)(H,36,37,38,39)/t21-,22+,25+,26+/m1/s1. The fourth-order valence-electron chi connectivity index (χ4n) is 7.52. The van der Waals surface area contributed by atoms with Crippen LogP contribution in [-0.2, 0) is 23.1 Å². The molecule has 4 aliphatic rings. The molecule has 1 aromatic heterocycles. The highest BCUT2D eigenvalue weighted by atomic mass is 16.2. The number of piperidine rings is 1. The van der Waals surface area contributed by atoms with Crippen molar-refractivity contribution >= 4 is 17.7 Å². The third-order valence-electron chi connectivity index (χ3n) is 9.86. The highest BCUT2D eigenvalue weighted by molar-refractivity contribution is 5.94. The highest BCUT2D eigenvalue weighted by Gasteiger charge is 2.54. The highest BCUT2D eigenvalue weighted by Crippen LogP contribution is 2.50. The van der Waals surface area contributed by atoms with Crippen LogP contribution in [0.2, 0.25) is 0 Å². The number of hydrogen-bond acceptors (Lipinski definition) is 8. The van der Waals surface area contributed by atoms with Crippen molar-refractivity contribution < 1.29 is 14.4 Å². The molecule has 0 bridgehead atoms. The van der Waals surface area contributed by atoms with Gasteiger partial charge in [0.15, 0.2) is 5.82 Å². The average Bonchev–Trinajstić information content (AvgIpc) is 3.91. The van der Waals surface area contributed by atoms with E-state index in [0.717, 1.165) is 47.9 Å². The van der Waals surface area contributed by atoms with Crippen LogP contribution in [0.25, 0.3) is 0 Å². The van der Waals surface area contributed by atoms with Gasteiger partial charge in [0.1, 0.15) is 6.04 Å². The average molecular weight is 580 g/mol. The van der Waals surface area contributed by atoms with Crippen molar-refractivity contribution in [1.29, 1.82) is 5.26 Å². The number of aryl methyl sites for hydroxylation is 2. The summed E-state index contributed by atoms with van der Waals surface area (Å²) in [4.78, 5) is 39.6. The molecule has 3 amide bonds. The van der Waals surface area contributed by atoms with Gasteiger partial charge in [-0.05, 0) is 103 Å². The number of primary amides is 2. The lowest BCUT2D eigenvalue weighted by Gasteiger charge is -2.37. The summed E-state index contributed by atoms with van der Waals surface area (Å²) in [6.07, 6.45) is 5.47. The Labute approximate surface area is 248 Å². The molecule has 2 saturated carbocycles. The van der Waals surface area contributed by atoms with Crippen LogP contribution >= 0.6 is 0 Å². The van der Waals surface area contributed by atoms with E-state index in [1.807, 2.05) is 24.3 Å². The van der Waals surface area contributed by atoms with Gasteiger partial charge in [-0.2, -0.15) is 10.5 Å². The second-order valence-electron chi connectivity index (χ2n) is 12.4. The quantitative estimate of drug-likeness (QED) is 0.289. The first-order valence-corrected chi connectivity index (χ1v) is 14.8. The predicted molar refractivity (Wildman–Crippen MR) is 153 cm³/mol. The Balaban J connectivity index is 1.32. The Morgan fingerprint density at radius 3 is 2.23 bits per heavy atom. The summed E-state index contributed by atoms with van der Waals surface area (Å²) in [5.41, 5.74) is 14.9. The van der Waals surface area contributed by atoms with E-state index in [1.165, 1.54) is 0 Å². The third-order valence-corrected chi connectivity index (χ3v) is 9.86. The normalized spacial score (nSPS) is 23.7. The molecule has 7 rings (SSSR count). The molecule has 12 nitrogen and oxygen atoms in total. The largest absolute Gasteiger partial charge is 0.366 e. The maximum atomic E-state index is 13.4. The minimum Gasteiger partial charge on any atom is -0.366 e. The molecule has 1 saturated heterocycles. The van der Waals surface area contributed by atoms with E-state index in [-0.39, 0.29) is 30.6 Å². The number of fused-ring (bicyclic) bond motifs is 3. The molecule has 6 N–H and O–H groups in total. The van der Waals surface area contributed by atoms with E-state index >= 15 is 0 Å². The zero-order valence-corrected chi connectivity index (χ0v) is 23.6. The van der Waals surface area contributed by atoms with Gasteiger partial charge in [-0.15, -0.1) is 10.2 Å². The number of likely N-dealkylation sites (tertiary alicyclic amines) is 1. The number of hydrogen-bond donors (Lipinski definition) is 4. The van der Waals surface area contributed by atoms with E-state index in [9.17, 15) is 19.6 Å². The van der Waals surface area contributed by atoms with E-state index < -0.39 is 17.2 Å². The number of nitrogens with two attached hydrogens (primary N) is 2. The number of nitriles is 1. The van der Waals surface area contributed by atoms with Crippen LogP contribution in [0, 0.1) is 23.2 Å². The summed E-state index contributed by atoms with van der Waals surface area (Å²) >= 11 is 0. The van der Waals surface area contributed by atoms with Crippen LogP contribution in [0.5, 0.6) is 0 Å². The summed E-state index contributed by atoms with van der Waals surface area (Å²) < 4.78 is 0. The number of aromatic nitrogens is 4. The van der Waals surface area contributed by atoms with Gasteiger partial charge in [-0.25, -0.2) is 0 Å². The lowest BCUT2D eigenvalue weighted by atomic mass is 9.67. The molecular weight excluding hydrogens is 546 g/mol. The monoisotopic (exact) mass is 579 g/mol. The molecule has 2 aromatic carbocycles. The van der Waals surface area contributed by atoms with E-state index in [2.05, 4.69) is 32.0 Å². The molecule has 1 aliphatic heterocycles. The molecule has 4 atom stereocenters. The van der Waals surface area contributed by atoms with Gasteiger partial charge >= 0.3 is 0 Å². The van der Waals surface area contributed by atoms with Gasteiger partial charge in [0.25, 0.3) is 0 Å². The topological polar surface area (TPSA) is 197 Å². The van der Waals surface area contributed by atoms with Crippen molar-refractivity contribution in [3.8, 4) is 6.07 Å². The minimum absolute atomic E-state index is 0.0466. The summed E-state index contributed by atoms with van der Waals surface area (Å²) in [6.45, 7) is 0.131. The van der Waals surface area contributed by atoms with Crippen molar-refractivity contribution in [2.45, 2.75) is 68.5 Å². The van der Waals surface area contributed by atoms with Crippen molar-refractivity contribution in [2.75, 3.05) is 6.54 Å². The number of carbonyl (C=O) groups excluding carboxylic acids is 3. The minimum atomic E-state index is -0.922.